The first-order valence-corrected chi connectivity index (χ1v) is 9.51. The zero-order valence-corrected chi connectivity index (χ0v) is 17.5. The number of rotatable bonds is 5. The summed E-state index contributed by atoms with van der Waals surface area (Å²) in [6.45, 7) is 7.19. The van der Waals surface area contributed by atoms with Crippen LogP contribution in [0.5, 0.6) is 0 Å². The number of halogens is 1. The Morgan fingerprint density at radius 1 is 1.23 bits per heavy atom. The highest BCUT2D eigenvalue weighted by Crippen LogP contribution is 2.27. The van der Waals surface area contributed by atoms with E-state index in [2.05, 4.69) is 15.3 Å². The topological polar surface area (TPSA) is 91.7 Å². The van der Waals surface area contributed by atoms with Gasteiger partial charge in [0.05, 0.1) is 5.56 Å². The minimum absolute atomic E-state index is 0.0234. The predicted molar refractivity (Wildman–Crippen MR) is 111 cm³/mol. The van der Waals surface area contributed by atoms with Crippen molar-refractivity contribution in [3.05, 3.63) is 59.2 Å². The lowest BCUT2D eigenvalue weighted by Crippen LogP contribution is -2.41. The first-order chi connectivity index (χ1) is 14.0. The van der Waals surface area contributed by atoms with E-state index in [1.165, 1.54) is 37.5 Å². The third-order valence-corrected chi connectivity index (χ3v) is 5.35. The molecule has 2 heterocycles. The Hall–Kier alpha value is -3.42. The number of ketones is 1. The number of pyridine rings is 1. The SMILES string of the molecule is Cc1cnc(C2=NC(C)(C(C)C)C(=O)N2)c(C(=O)C(=O)N(C)c2cccc(F)c2)c1. The van der Waals surface area contributed by atoms with E-state index in [4.69, 9.17) is 0 Å². The van der Waals surface area contributed by atoms with Crippen molar-refractivity contribution in [2.24, 2.45) is 10.9 Å². The molecule has 2 amide bonds. The molecule has 2 aromatic rings. The van der Waals surface area contributed by atoms with Crippen molar-refractivity contribution < 1.29 is 18.8 Å². The van der Waals surface area contributed by atoms with Crippen molar-refractivity contribution in [1.29, 1.82) is 0 Å². The molecule has 1 aromatic heterocycles. The fraction of sp³-hybridized carbons (Fsp3) is 0.318. The molecule has 0 spiro atoms. The number of aryl methyl sites for hydroxylation is 1. The van der Waals surface area contributed by atoms with E-state index in [0.29, 0.717) is 5.56 Å². The van der Waals surface area contributed by atoms with Crippen LogP contribution in [0, 0.1) is 18.7 Å². The lowest BCUT2D eigenvalue weighted by atomic mass is 9.89. The molecule has 3 rings (SSSR count). The second-order valence-corrected chi connectivity index (χ2v) is 7.80. The van der Waals surface area contributed by atoms with Gasteiger partial charge in [-0.15, -0.1) is 0 Å². The van der Waals surface area contributed by atoms with Crippen LogP contribution in [0.2, 0.25) is 0 Å². The van der Waals surface area contributed by atoms with E-state index in [1.807, 2.05) is 13.8 Å². The van der Waals surface area contributed by atoms with Gasteiger partial charge in [-0.3, -0.25) is 19.4 Å². The number of aliphatic imine (C=N–C) groups is 1. The van der Waals surface area contributed by atoms with E-state index < -0.39 is 23.0 Å². The fourth-order valence-corrected chi connectivity index (χ4v) is 3.05. The van der Waals surface area contributed by atoms with Gasteiger partial charge in [0.25, 0.3) is 17.6 Å². The number of carbonyl (C=O) groups excluding carboxylic acids is 3. The largest absolute Gasteiger partial charge is 0.308 e. The molecule has 0 radical (unpaired) electrons. The van der Waals surface area contributed by atoms with Gasteiger partial charge in [-0.2, -0.15) is 0 Å². The lowest BCUT2D eigenvalue weighted by molar-refractivity contribution is -0.124. The minimum atomic E-state index is -0.995. The monoisotopic (exact) mass is 410 g/mol. The van der Waals surface area contributed by atoms with Crippen LogP contribution in [-0.4, -0.2) is 41.0 Å². The number of likely N-dealkylation sites (N-methyl/N-ethyl adjacent to an activating group) is 1. The van der Waals surface area contributed by atoms with Crippen LogP contribution in [0.25, 0.3) is 0 Å². The van der Waals surface area contributed by atoms with Crippen LogP contribution in [-0.2, 0) is 9.59 Å². The number of anilines is 1. The van der Waals surface area contributed by atoms with Crippen LogP contribution < -0.4 is 10.2 Å². The summed E-state index contributed by atoms with van der Waals surface area (Å²) in [5, 5.41) is 2.69. The summed E-state index contributed by atoms with van der Waals surface area (Å²) < 4.78 is 13.5. The van der Waals surface area contributed by atoms with Crippen molar-refractivity contribution in [2.75, 3.05) is 11.9 Å². The molecule has 0 fully saturated rings. The molecule has 1 aromatic carbocycles. The number of hydrogen-bond donors (Lipinski definition) is 1. The smallest absolute Gasteiger partial charge is 0.299 e. The third kappa shape index (κ3) is 3.72. The molecule has 0 aliphatic carbocycles. The molecule has 7 nitrogen and oxygen atoms in total. The minimum Gasteiger partial charge on any atom is -0.308 e. The van der Waals surface area contributed by atoms with Gasteiger partial charge in [0.2, 0.25) is 0 Å². The Balaban J connectivity index is 2.01. The Morgan fingerprint density at radius 3 is 2.53 bits per heavy atom. The fourth-order valence-electron chi connectivity index (χ4n) is 3.05. The zero-order chi connectivity index (χ0) is 22.2. The highest BCUT2D eigenvalue weighted by Gasteiger charge is 2.43. The second kappa shape index (κ2) is 7.78. The Bertz CT molecular complexity index is 1080. The molecule has 1 unspecified atom stereocenters. The molecule has 0 saturated heterocycles. The molecule has 1 N–H and O–H groups in total. The second-order valence-electron chi connectivity index (χ2n) is 7.80. The van der Waals surface area contributed by atoms with E-state index >= 15 is 0 Å². The molecule has 8 heteroatoms. The first kappa shape index (κ1) is 21.3. The van der Waals surface area contributed by atoms with Crippen LogP contribution in [0.3, 0.4) is 0 Å². The van der Waals surface area contributed by atoms with Crippen molar-refractivity contribution in [3.63, 3.8) is 0 Å². The number of nitrogens with zero attached hydrogens (tertiary/aromatic N) is 3. The van der Waals surface area contributed by atoms with E-state index in [0.717, 1.165) is 11.0 Å². The maximum absolute atomic E-state index is 13.5. The summed E-state index contributed by atoms with van der Waals surface area (Å²) in [5.41, 5.74) is 0.0683. The maximum atomic E-state index is 13.5. The van der Waals surface area contributed by atoms with Crippen LogP contribution >= 0.6 is 0 Å². The van der Waals surface area contributed by atoms with Crippen LogP contribution in [0.15, 0.2) is 41.5 Å². The van der Waals surface area contributed by atoms with Gasteiger partial charge in [-0.05, 0) is 49.6 Å². The van der Waals surface area contributed by atoms with E-state index in [9.17, 15) is 18.8 Å². The molecule has 1 aliphatic heterocycles. The summed E-state index contributed by atoms with van der Waals surface area (Å²) in [6.07, 6.45) is 1.53. The maximum Gasteiger partial charge on any atom is 0.299 e. The van der Waals surface area contributed by atoms with Crippen LogP contribution in [0.4, 0.5) is 10.1 Å². The predicted octanol–water partition coefficient (Wildman–Crippen LogP) is 2.67. The number of nitrogens with one attached hydrogen (secondary N) is 1. The van der Waals surface area contributed by atoms with Crippen molar-refractivity contribution >= 4 is 29.1 Å². The van der Waals surface area contributed by atoms with E-state index in [-0.39, 0.29) is 34.6 Å². The number of hydrogen-bond acceptors (Lipinski definition) is 5. The molecule has 30 heavy (non-hydrogen) atoms. The highest BCUT2D eigenvalue weighted by molar-refractivity contribution is 6.48. The normalized spacial score (nSPS) is 18.2. The number of amides is 2. The molecule has 1 atom stereocenters. The highest BCUT2D eigenvalue weighted by atomic mass is 19.1. The standard InChI is InChI=1S/C22H23FN4O3/c1-12(2)22(4)21(30)25-19(26-22)17-16(9-13(3)11-24-17)18(28)20(29)27(5)15-8-6-7-14(23)10-15/h6-12H,1-5H3,(H,25,26,30). The summed E-state index contributed by atoms with van der Waals surface area (Å²) >= 11 is 0. The molecule has 1 aliphatic rings. The number of aromatic nitrogens is 1. The van der Waals surface area contributed by atoms with Gasteiger partial charge in [0.1, 0.15) is 17.1 Å². The average molecular weight is 410 g/mol. The average Bonchev–Trinajstić information content (AvgIpc) is 3.02. The van der Waals surface area contributed by atoms with Gasteiger partial charge in [-0.25, -0.2) is 9.38 Å². The Kier molecular flexibility index (Phi) is 5.52. The summed E-state index contributed by atoms with van der Waals surface area (Å²) in [6, 6.07) is 6.92. The number of benzene rings is 1. The van der Waals surface area contributed by atoms with Crippen LogP contribution in [0.1, 0.15) is 42.4 Å². The van der Waals surface area contributed by atoms with Gasteiger partial charge in [0.15, 0.2) is 5.84 Å². The number of amidine groups is 1. The molecule has 156 valence electrons. The summed E-state index contributed by atoms with van der Waals surface area (Å²) in [4.78, 5) is 48.2. The van der Waals surface area contributed by atoms with E-state index in [1.54, 1.807) is 13.8 Å². The Labute approximate surface area is 174 Å². The molecular formula is C22H23FN4O3. The number of Topliss-reactive ketones (excluding diaryl/α,β-unsaturated/α-hetero) is 1. The summed E-state index contributed by atoms with van der Waals surface area (Å²) in [7, 11) is 1.39. The summed E-state index contributed by atoms with van der Waals surface area (Å²) in [5.74, 6) is -2.43. The molecule has 0 saturated carbocycles. The Morgan fingerprint density at radius 2 is 1.93 bits per heavy atom. The quantitative estimate of drug-likeness (QED) is 0.606. The number of carbonyl (C=O) groups is 3. The van der Waals surface area contributed by atoms with Crippen molar-refractivity contribution in [2.45, 2.75) is 33.2 Å². The van der Waals surface area contributed by atoms with Crippen molar-refractivity contribution in [1.82, 2.24) is 10.3 Å². The molecule has 0 bridgehead atoms. The first-order valence-electron chi connectivity index (χ1n) is 9.51. The molecular weight excluding hydrogens is 387 g/mol. The van der Waals surface area contributed by atoms with Gasteiger partial charge >= 0.3 is 0 Å². The third-order valence-electron chi connectivity index (χ3n) is 5.35. The zero-order valence-electron chi connectivity index (χ0n) is 17.5. The van der Waals surface area contributed by atoms with Gasteiger partial charge in [-0.1, -0.05) is 19.9 Å². The van der Waals surface area contributed by atoms with Gasteiger partial charge < -0.3 is 10.2 Å². The van der Waals surface area contributed by atoms with Crippen molar-refractivity contribution in [3.8, 4) is 0 Å². The lowest BCUT2D eigenvalue weighted by Gasteiger charge is -2.21. The van der Waals surface area contributed by atoms with Gasteiger partial charge in [0, 0.05) is 18.9 Å².